The van der Waals surface area contributed by atoms with Gasteiger partial charge in [0, 0.05) is 0 Å². The van der Waals surface area contributed by atoms with Crippen LogP contribution in [0.25, 0.3) is 11.1 Å². The van der Waals surface area contributed by atoms with E-state index < -0.39 is 0 Å². The van der Waals surface area contributed by atoms with Gasteiger partial charge >= 0.3 is 26.2 Å². The Morgan fingerprint density at radius 1 is 0.826 bits per heavy atom. The number of fused-ring (bicyclic) bond motifs is 3. The largest absolute Gasteiger partial charge is 2.00 e. The number of rotatable bonds is 3. The van der Waals surface area contributed by atoms with E-state index >= 15 is 0 Å². The Balaban J connectivity index is 0.000000882. The monoisotopic (exact) mass is 418 g/mol. The summed E-state index contributed by atoms with van der Waals surface area (Å²) >= 11 is 0. The Morgan fingerprint density at radius 3 is 2.39 bits per heavy atom. The van der Waals surface area contributed by atoms with Gasteiger partial charge in [0.2, 0.25) is 0 Å². The second-order valence-corrected chi connectivity index (χ2v) is 5.73. The first-order valence-corrected chi connectivity index (χ1v) is 7.45. The Morgan fingerprint density at radius 2 is 1.61 bits per heavy atom. The van der Waals surface area contributed by atoms with Crippen molar-refractivity contribution in [2.24, 2.45) is 0 Å². The standard InChI is InChI=1S/C20H18.2ClH.Zr/c1-2-7-15(6-1)12-13-16-9-5-11-19-18-10-4-3-8-17(18)14-20(16)19;;;/h1-6,8-11H,7,12-14H2;2*1H;/q;;;+2/p-2. The molecule has 23 heavy (non-hydrogen) atoms. The first-order chi connectivity index (χ1) is 9.92. The molecule has 116 valence electrons. The molecule has 0 aliphatic heterocycles. The van der Waals surface area contributed by atoms with Crippen molar-refractivity contribution in [3.8, 4) is 11.1 Å². The number of benzene rings is 2. The molecule has 2 aliphatic carbocycles. The van der Waals surface area contributed by atoms with E-state index in [4.69, 9.17) is 0 Å². The summed E-state index contributed by atoms with van der Waals surface area (Å²) in [6.45, 7) is 0. The zero-order chi connectivity index (χ0) is 13.4. The molecule has 0 saturated heterocycles. The Bertz CT molecular complexity index is 732. The molecule has 0 fully saturated rings. The van der Waals surface area contributed by atoms with Crippen molar-refractivity contribution in [3.63, 3.8) is 0 Å². The Hall–Kier alpha value is -0.617. The van der Waals surface area contributed by atoms with Gasteiger partial charge in [0.1, 0.15) is 0 Å². The summed E-state index contributed by atoms with van der Waals surface area (Å²) < 4.78 is 0. The topological polar surface area (TPSA) is 0 Å². The molecule has 4 rings (SSSR count). The van der Waals surface area contributed by atoms with Crippen LogP contribution in [0, 0.1) is 0 Å². The van der Waals surface area contributed by atoms with E-state index in [0.29, 0.717) is 0 Å². The van der Waals surface area contributed by atoms with Crippen LogP contribution in [0.5, 0.6) is 0 Å². The van der Waals surface area contributed by atoms with Crippen molar-refractivity contribution in [1.29, 1.82) is 0 Å². The van der Waals surface area contributed by atoms with Crippen molar-refractivity contribution in [2.75, 3.05) is 0 Å². The molecule has 0 unspecified atom stereocenters. The molecule has 0 amide bonds. The van der Waals surface area contributed by atoms with Gasteiger partial charge in [-0.3, -0.25) is 0 Å². The van der Waals surface area contributed by atoms with Gasteiger partial charge in [-0.05, 0) is 53.5 Å². The van der Waals surface area contributed by atoms with Gasteiger partial charge in [-0.15, -0.1) is 0 Å². The van der Waals surface area contributed by atoms with Crippen molar-refractivity contribution in [2.45, 2.75) is 25.7 Å². The van der Waals surface area contributed by atoms with Gasteiger partial charge in [-0.1, -0.05) is 66.3 Å². The molecule has 0 aromatic heterocycles. The third kappa shape index (κ3) is 4.08. The quantitative estimate of drug-likeness (QED) is 0.515. The minimum Gasteiger partial charge on any atom is -1.00 e. The van der Waals surface area contributed by atoms with E-state index in [0.717, 1.165) is 12.8 Å². The first kappa shape index (κ1) is 20.4. The number of hydrogen-bond acceptors (Lipinski definition) is 0. The average Bonchev–Trinajstić information content (AvgIpc) is 3.12. The third-order valence-electron chi connectivity index (χ3n) is 4.51. The van der Waals surface area contributed by atoms with E-state index in [-0.39, 0.29) is 51.0 Å². The fraction of sp³-hybridized carbons (Fsp3) is 0.200. The molecule has 0 spiro atoms. The van der Waals surface area contributed by atoms with Gasteiger partial charge < -0.3 is 24.8 Å². The molecular formula is C20H18Cl2Zr. The van der Waals surface area contributed by atoms with Crippen LogP contribution in [0.1, 0.15) is 29.5 Å². The van der Waals surface area contributed by atoms with Gasteiger partial charge in [0.25, 0.3) is 0 Å². The van der Waals surface area contributed by atoms with Gasteiger partial charge in [-0.25, -0.2) is 0 Å². The van der Waals surface area contributed by atoms with Crippen LogP contribution >= 0.6 is 0 Å². The molecule has 0 nitrogen and oxygen atoms in total. The van der Waals surface area contributed by atoms with E-state index in [1.54, 1.807) is 11.1 Å². The van der Waals surface area contributed by atoms with Gasteiger partial charge in [0.15, 0.2) is 0 Å². The van der Waals surface area contributed by atoms with Crippen molar-refractivity contribution in [1.82, 2.24) is 0 Å². The maximum atomic E-state index is 2.31. The molecule has 2 aromatic rings. The van der Waals surface area contributed by atoms with Gasteiger partial charge in [-0.2, -0.15) is 0 Å². The van der Waals surface area contributed by atoms with Crippen LogP contribution in [0.15, 0.2) is 66.3 Å². The fourth-order valence-electron chi connectivity index (χ4n) is 3.43. The Labute approximate surface area is 170 Å². The van der Waals surface area contributed by atoms with Crippen LogP contribution in [0.2, 0.25) is 0 Å². The average molecular weight is 420 g/mol. The molecule has 3 heteroatoms. The minimum atomic E-state index is 0. The summed E-state index contributed by atoms with van der Waals surface area (Å²) in [4.78, 5) is 0. The number of allylic oxidation sites excluding steroid dienone is 4. The van der Waals surface area contributed by atoms with Crippen LogP contribution in [-0.2, 0) is 39.0 Å². The molecule has 2 aliphatic rings. The molecule has 0 saturated carbocycles. The molecule has 2 aromatic carbocycles. The summed E-state index contributed by atoms with van der Waals surface area (Å²) in [5.41, 5.74) is 9.03. The zero-order valence-electron chi connectivity index (χ0n) is 12.9. The number of aryl methyl sites for hydroxylation is 1. The second kappa shape index (κ2) is 9.02. The summed E-state index contributed by atoms with van der Waals surface area (Å²) in [5.74, 6) is 0. The van der Waals surface area contributed by atoms with E-state index in [1.807, 2.05) is 0 Å². The normalized spacial score (nSPS) is 13.1. The predicted octanol–water partition coefficient (Wildman–Crippen LogP) is -0.918. The molecule has 0 atom stereocenters. The van der Waals surface area contributed by atoms with Crippen LogP contribution < -0.4 is 24.8 Å². The minimum absolute atomic E-state index is 0. The number of hydrogen-bond donors (Lipinski definition) is 0. The maximum absolute atomic E-state index is 2.31. The second-order valence-electron chi connectivity index (χ2n) is 5.73. The summed E-state index contributed by atoms with van der Waals surface area (Å²) in [5, 5.41) is 0. The van der Waals surface area contributed by atoms with Crippen molar-refractivity contribution >= 4 is 0 Å². The molecular weight excluding hydrogens is 402 g/mol. The smallest absolute Gasteiger partial charge is 1.00 e. The molecule has 0 heterocycles. The first-order valence-electron chi connectivity index (χ1n) is 7.45. The summed E-state index contributed by atoms with van der Waals surface area (Å²) in [7, 11) is 0. The predicted molar refractivity (Wildman–Crippen MR) is 84.8 cm³/mol. The van der Waals surface area contributed by atoms with Crippen LogP contribution in [0.4, 0.5) is 0 Å². The summed E-state index contributed by atoms with van der Waals surface area (Å²) in [6, 6.07) is 15.6. The molecule has 0 radical (unpaired) electrons. The Kier molecular flexibility index (Phi) is 8.01. The molecule has 0 bridgehead atoms. The van der Waals surface area contributed by atoms with E-state index in [9.17, 15) is 0 Å². The van der Waals surface area contributed by atoms with Gasteiger partial charge in [0.05, 0.1) is 0 Å². The third-order valence-corrected chi connectivity index (χ3v) is 4.51. The zero-order valence-corrected chi connectivity index (χ0v) is 16.8. The molecule has 0 N–H and O–H groups in total. The van der Waals surface area contributed by atoms with Crippen LogP contribution in [-0.4, -0.2) is 0 Å². The fourth-order valence-corrected chi connectivity index (χ4v) is 3.43. The van der Waals surface area contributed by atoms with Crippen molar-refractivity contribution < 1.29 is 51.0 Å². The van der Waals surface area contributed by atoms with Crippen LogP contribution in [0.3, 0.4) is 0 Å². The van der Waals surface area contributed by atoms with Crippen molar-refractivity contribution in [3.05, 3.63) is 83.0 Å². The SMILES string of the molecule is C1=CCC(CCc2cccc3c2Cc2ccccc2-3)=C1.[Cl-].[Cl-].[Zr+2]. The van der Waals surface area contributed by atoms with E-state index in [2.05, 4.69) is 60.7 Å². The summed E-state index contributed by atoms with van der Waals surface area (Å²) in [6.07, 6.45) is 11.3. The number of halogens is 2. The van der Waals surface area contributed by atoms with E-state index in [1.165, 1.54) is 35.1 Å². The maximum Gasteiger partial charge on any atom is 2.00 e.